The van der Waals surface area contributed by atoms with E-state index in [0.717, 1.165) is 12.1 Å². The summed E-state index contributed by atoms with van der Waals surface area (Å²) in [6, 6.07) is 2.31. The number of nitrogens with one attached hydrogen (secondary N) is 1. The zero-order valence-electron chi connectivity index (χ0n) is 7.12. The highest BCUT2D eigenvalue weighted by atomic mass is 19.1. The van der Waals surface area contributed by atoms with E-state index in [0.29, 0.717) is 11.1 Å². The molecule has 0 aliphatic carbocycles. The van der Waals surface area contributed by atoms with Gasteiger partial charge in [-0.15, -0.1) is 0 Å². The van der Waals surface area contributed by atoms with Crippen molar-refractivity contribution in [3.05, 3.63) is 29.1 Å². The fourth-order valence-electron chi connectivity index (χ4n) is 1.46. The molecular weight excluding hydrogens is 188 g/mol. The van der Waals surface area contributed by atoms with Crippen LogP contribution in [0.1, 0.15) is 15.9 Å². The van der Waals surface area contributed by atoms with E-state index in [1.807, 2.05) is 0 Å². The van der Waals surface area contributed by atoms with E-state index in [1.165, 1.54) is 0 Å². The minimum absolute atomic E-state index is 0.277. The van der Waals surface area contributed by atoms with Gasteiger partial charge in [-0.05, 0) is 17.7 Å². The molecule has 2 rings (SSSR count). The Balaban J connectivity index is 2.57. The number of carbonyl (C=O) groups is 1. The van der Waals surface area contributed by atoms with Gasteiger partial charge in [-0.2, -0.15) is 0 Å². The normalized spacial score (nSPS) is 13.8. The van der Waals surface area contributed by atoms with E-state index >= 15 is 0 Å². The topological polar surface area (TPSA) is 69.6 Å². The van der Waals surface area contributed by atoms with Gasteiger partial charge in [0.2, 0.25) is 0 Å². The second-order valence-corrected chi connectivity index (χ2v) is 3.09. The first kappa shape index (κ1) is 9.17. The predicted octanol–water partition coefficient (Wildman–Crippen LogP) is -1.25. The lowest BCUT2D eigenvalue weighted by molar-refractivity contribution is 0.0966. The maximum absolute atomic E-state index is 13.2. The van der Waals surface area contributed by atoms with Crippen LogP contribution in [0.15, 0.2) is 12.1 Å². The fourth-order valence-corrected chi connectivity index (χ4v) is 1.46. The van der Waals surface area contributed by atoms with Gasteiger partial charge in [-0.25, -0.2) is 4.39 Å². The van der Waals surface area contributed by atoms with Crippen molar-refractivity contribution in [3.8, 4) is 0 Å². The van der Waals surface area contributed by atoms with Gasteiger partial charge < -0.3 is 15.4 Å². The molecule has 4 nitrogen and oxygen atoms in total. The van der Waals surface area contributed by atoms with Crippen molar-refractivity contribution in [1.29, 1.82) is 0 Å². The summed E-state index contributed by atoms with van der Waals surface area (Å²) in [5.74, 6) is -1.03. The van der Waals surface area contributed by atoms with Crippen molar-refractivity contribution in [3.63, 3.8) is 0 Å². The maximum Gasteiger partial charge on any atom is 0.491 e. The summed E-state index contributed by atoms with van der Waals surface area (Å²) in [6.07, 6.45) is 0. The molecule has 0 saturated heterocycles. The van der Waals surface area contributed by atoms with Gasteiger partial charge in [0, 0.05) is 17.6 Å². The highest BCUT2D eigenvalue weighted by molar-refractivity contribution is 6.58. The molecule has 0 atom stereocenters. The summed E-state index contributed by atoms with van der Waals surface area (Å²) in [4.78, 5) is 11.2. The lowest BCUT2D eigenvalue weighted by Crippen LogP contribution is -2.33. The number of fused-ring (bicyclic) bond motifs is 1. The molecule has 0 aromatic heterocycles. The average Bonchev–Trinajstić information content (AvgIpc) is 2.46. The standard InChI is InChI=1S/C8H7BFNO3/c10-7-1-4-3-11-8(12)5(4)2-6(7)9(13)14/h1-2,13-14H,3H2,(H,11,12). The Kier molecular flexibility index (Phi) is 2.01. The Bertz CT molecular complexity index is 408. The molecule has 6 heteroatoms. The largest absolute Gasteiger partial charge is 0.491 e. The van der Waals surface area contributed by atoms with Crippen LogP contribution in [-0.4, -0.2) is 23.1 Å². The molecule has 1 heterocycles. The first-order valence-corrected chi connectivity index (χ1v) is 4.06. The Hall–Kier alpha value is -1.40. The SMILES string of the molecule is O=C1NCc2cc(F)c(B(O)O)cc21. The molecule has 0 saturated carbocycles. The van der Waals surface area contributed by atoms with Crippen molar-refractivity contribution >= 4 is 18.5 Å². The van der Waals surface area contributed by atoms with Crippen molar-refractivity contribution in [2.24, 2.45) is 0 Å². The van der Waals surface area contributed by atoms with Crippen molar-refractivity contribution in [1.82, 2.24) is 5.32 Å². The minimum Gasteiger partial charge on any atom is -0.423 e. The minimum atomic E-state index is -1.89. The Labute approximate surface area is 79.5 Å². The number of rotatable bonds is 1. The van der Waals surface area contributed by atoms with Crippen LogP contribution < -0.4 is 10.8 Å². The molecule has 0 unspecified atom stereocenters. The molecule has 1 amide bonds. The van der Waals surface area contributed by atoms with Crippen LogP contribution in [0.25, 0.3) is 0 Å². The van der Waals surface area contributed by atoms with E-state index in [-0.39, 0.29) is 17.9 Å². The van der Waals surface area contributed by atoms with Crippen LogP contribution in [0, 0.1) is 5.82 Å². The highest BCUT2D eigenvalue weighted by Gasteiger charge is 2.25. The van der Waals surface area contributed by atoms with Crippen LogP contribution in [-0.2, 0) is 6.54 Å². The van der Waals surface area contributed by atoms with E-state index < -0.39 is 12.9 Å². The van der Waals surface area contributed by atoms with Crippen LogP contribution in [0.4, 0.5) is 4.39 Å². The first-order valence-electron chi connectivity index (χ1n) is 4.06. The zero-order valence-corrected chi connectivity index (χ0v) is 7.12. The molecule has 14 heavy (non-hydrogen) atoms. The summed E-state index contributed by atoms with van der Waals surface area (Å²) in [5, 5.41) is 20.1. The van der Waals surface area contributed by atoms with Crippen LogP contribution >= 0.6 is 0 Å². The number of benzene rings is 1. The van der Waals surface area contributed by atoms with E-state index in [9.17, 15) is 9.18 Å². The zero-order chi connectivity index (χ0) is 10.3. The maximum atomic E-state index is 13.2. The summed E-state index contributed by atoms with van der Waals surface area (Å²) in [7, 11) is -1.89. The second kappa shape index (κ2) is 3.07. The van der Waals surface area contributed by atoms with Crippen LogP contribution in [0.3, 0.4) is 0 Å². The Morgan fingerprint density at radius 3 is 2.79 bits per heavy atom. The van der Waals surface area contributed by atoms with Gasteiger partial charge in [0.15, 0.2) is 0 Å². The smallest absolute Gasteiger partial charge is 0.423 e. The molecule has 1 aromatic carbocycles. The number of halogens is 1. The number of amides is 1. The molecule has 1 aromatic rings. The van der Waals surface area contributed by atoms with Gasteiger partial charge in [0.25, 0.3) is 5.91 Å². The van der Waals surface area contributed by atoms with E-state index in [4.69, 9.17) is 10.0 Å². The van der Waals surface area contributed by atoms with Gasteiger partial charge in [-0.3, -0.25) is 4.79 Å². The summed E-state index contributed by atoms with van der Waals surface area (Å²) >= 11 is 0. The third-order valence-corrected chi connectivity index (χ3v) is 2.18. The van der Waals surface area contributed by atoms with E-state index in [2.05, 4.69) is 5.32 Å². The van der Waals surface area contributed by atoms with Crippen molar-refractivity contribution in [2.75, 3.05) is 0 Å². The predicted molar refractivity (Wildman–Crippen MR) is 47.4 cm³/mol. The van der Waals surface area contributed by atoms with Crippen molar-refractivity contribution < 1.29 is 19.2 Å². The molecule has 72 valence electrons. The summed E-state index contributed by atoms with van der Waals surface area (Å²) in [6.45, 7) is 0.285. The summed E-state index contributed by atoms with van der Waals surface area (Å²) < 4.78 is 13.2. The third-order valence-electron chi connectivity index (χ3n) is 2.18. The molecule has 3 N–H and O–H groups in total. The third kappa shape index (κ3) is 1.28. The number of hydrogen-bond donors (Lipinski definition) is 3. The molecule has 0 spiro atoms. The number of carbonyl (C=O) groups excluding carboxylic acids is 1. The van der Waals surface area contributed by atoms with Gasteiger partial charge in [-0.1, -0.05) is 0 Å². The Morgan fingerprint density at radius 2 is 2.14 bits per heavy atom. The van der Waals surface area contributed by atoms with E-state index in [1.54, 1.807) is 0 Å². The van der Waals surface area contributed by atoms with Crippen molar-refractivity contribution in [2.45, 2.75) is 6.54 Å². The highest BCUT2D eigenvalue weighted by Crippen LogP contribution is 2.15. The molecule has 1 aliphatic rings. The molecular formula is C8H7BFNO3. The molecule has 0 fully saturated rings. The summed E-state index contributed by atoms with van der Waals surface area (Å²) in [5.41, 5.74) is 0.562. The Morgan fingerprint density at radius 1 is 1.43 bits per heavy atom. The lowest BCUT2D eigenvalue weighted by Gasteiger charge is -2.03. The first-order chi connectivity index (χ1) is 6.59. The quantitative estimate of drug-likeness (QED) is 0.490. The fraction of sp³-hybridized carbons (Fsp3) is 0.125. The lowest BCUT2D eigenvalue weighted by atomic mass is 9.78. The van der Waals surface area contributed by atoms with Gasteiger partial charge in [0.05, 0.1) is 0 Å². The molecule has 0 bridgehead atoms. The average molecular weight is 195 g/mol. The molecule has 0 radical (unpaired) electrons. The second-order valence-electron chi connectivity index (χ2n) is 3.09. The van der Waals surface area contributed by atoms with Gasteiger partial charge in [0.1, 0.15) is 5.82 Å². The number of hydrogen-bond acceptors (Lipinski definition) is 3. The van der Waals surface area contributed by atoms with Crippen LogP contribution in [0.5, 0.6) is 0 Å². The monoisotopic (exact) mass is 195 g/mol. The molecule has 1 aliphatic heterocycles. The van der Waals surface area contributed by atoms with Gasteiger partial charge >= 0.3 is 7.12 Å². The van der Waals surface area contributed by atoms with Crippen LogP contribution in [0.2, 0.25) is 0 Å².